The number of carbonyl (C=O) groups excluding carboxylic acids is 2. The van der Waals surface area contributed by atoms with Crippen molar-refractivity contribution in [3.05, 3.63) is 142 Å². The van der Waals surface area contributed by atoms with Crippen molar-refractivity contribution in [2.24, 2.45) is 17.8 Å². The minimum atomic E-state index is -1.03. The van der Waals surface area contributed by atoms with Crippen LogP contribution >= 0.6 is 0 Å². The van der Waals surface area contributed by atoms with Gasteiger partial charge in [-0.1, -0.05) is 125 Å². The molecule has 4 heteroatoms. The van der Waals surface area contributed by atoms with Crippen LogP contribution in [0, 0.1) is 17.8 Å². The van der Waals surface area contributed by atoms with Crippen molar-refractivity contribution in [2.45, 2.75) is 69.8 Å². The van der Waals surface area contributed by atoms with Gasteiger partial charge in [0.25, 0.3) is 0 Å². The molecule has 224 valence electrons. The van der Waals surface area contributed by atoms with Gasteiger partial charge in [-0.3, -0.25) is 4.79 Å². The zero-order valence-electron chi connectivity index (χ0n) is 26.0. The molecule has 0 spiro atoms. The molecule has 0 aromatic heterocycles. The van der Waals surface area contributed by atoms with Crippen molar-refractivity contribution in [3.63, 3.8) is 0 Å². The van der Waals surface area contributed by atoms with Crippen LogP contribution in [0.25, 0.3) is 0 Å². The van der Waals surface area contributed by atoms with Crippen molar-refractivity contribution >= 4 is 11.9 Å². The van der Waals surface area contributed by atoms with Crippen molar-refractivity contribution < 1.29 is 19.4 Å². The average molecular weight is 584 g/mol. The predicted molar refractivity (Wildman–Crippen MR) is 169 cm³/mol. The van der Waals surface area contributed by atoms with Crippen LogP contribution < -0.4 is 5.11 Å². The van der Waals surface area contributed by atoms with Gasteiger partial charge in [-0.15, -0.1) is 0 Å². The van der Waals surface area contributed by atoms with E-state index < -0.39 is 22.9 Å². The first-order chi connectivity index (χ1) is 21.2. The molecule has 4 aromatic rings. The lowest BCUT2D eigenvalue weighted by Gasteiger charge is -2.64. The first-order valence-corrected chi connectivity index (χ1v) is 15.9. The van der Waals surface area contributed by atoms with Crippen LogP contribution in [0.1, 0.15) is 97.4 Å². The summed E-state index contributed by atoms with van der Waals surface area (Å²) in [6.45, 7) is 10.1. The largest absolute Gasteiger partial charge is 0.550 e. The lowest BCUT2D eigenvalue weighted by atomic mass is 9.38. The van der Waals surface area contributed by atoms with Gasteiger partial charge in [0.15, 0.2) is 0 Å². The number of ether oxygens (including phenoxy) is 1. The van der Waals surface area contributed by atoms with E-state index in [-0.39, 0.29) is 42.0 Å². The Bertz CT molecular complexity index is 1560. The molecule has 0 saturated carbocycles. The molecule has 0 saturated heterocycles. The number of aliphatic carboxylic acids is 1. The van der Waals surface area contributed by atoms with E-state index in [0.717, 1.165) is 11.1 Å². The Kier molecular flexibility index (Phi) is 6.62. The van der Waals surface area contributed by atoms with E-state index in [0.29, 0.717) is 0 Å². The van der Waals surface area contributed by atoms with Crippen LogP contribution in [0.4, 0.5) is 0 Å². The zero-order valence-corrected chi connectivity index (χ0v) is 26.0. The molecule has 2 unspecified atom stereocenters. The van der Waals surface area contributed by atoms with Gasteiger partial charge < -0.3 is 14.6 Å². The fourth-order valence-corrected chi connectivity index (χ4v) is 9.85. The molecule has 6 aliphatic rings. The Morgan fingerprint density at radius 2 is 1.00 bits per heavy atom. The predicted octanol–water partition coefficient (Wildman–Crippen LogP) is 6.86. The van der Waals surface area contributed by atoms with Gasteiger partial charge in [0, 0.05) is 30.1 Å². The van der Waals surface area contributed by atoms with Crippen molar-refractivity contribution in [3.8, 4) is 0 Å². The summed E-state index contributed by atoms with van der Waals surface area (Å²) in [5, 5.41) is 12.7. The molecule has 10 rings (SSSR count). The third kappa shape index (κ3) is 3.57. The standard InChI is InChI=1S/C40H40O4/c1-23(2)34(22-35(42)43)39-30-18-10-6-14-26(30)37(27-15-7-11-19-31(27)39)40(38(24(3)4)44-25(5)41)32-20-12-8-16-28(32)36(39)29-17-9-13-21-33(29)40/h6-21,23-24,34,36-38H,22H2,1-5H3,(H,42,43)/p-1. The normalized spacial score (nSPS) is 25.2. The summed E-state index contributed by atoms with van der Waals surface area (Å²) < 4.78 is 6.50. The Morgan fingerprint density at radius 3 is 1.34 bits per heavy atom. The van der Waals surface area contributed by atoms with Crippen LogP contribution in [0.3, 0.4) is 0 Å². The quantitative estimate of drug-likeness (QED) is 0.223. The molecule has 44 heavy (non-hydrogen) atoms. The van der Waals surface area contributed by atoms with Crippen molar-refractivity contribution in [2.75, 3.05) is 0 Å². The highest BCUT2D eigenvalue weighted by atomic mass is 16.5. The molecule has 4 nitrogen and oxygen atoms in total. The summed E-state index contributed by atoms with van der Waals surface area (Å²) >= 11 is 0. The Hall–Kier alpha value is -4.18. The number of esters is 1. The molecular weight excluding hydrogens is 544 g/mol. The highest BCUT2D eigenvalue weighted by molar-refractivity contribution is 5.76. The van der Waals surface area contributed by atoms with Gasteiger partial charge in [0.05, 0.1) is 5.41 Å². The third-order valence-corrected chi connectivity index (χ3v) is 10.9. The number of carboxylic acids is 1. The number of rotatable bonds is 7. The van der Waals surface area contributed by atoms with E-state index in [2.05, 4.69) is 125 Å². The average Bonchev–Trinajstić information content (AvgIpc) is 2.99. The second kappa shape index (κ2) is 10.2. The van der Waals surface area contributed by atoms with E-state index >= 15 is 0 Å². The first kappa shape index (κ1) is 28.6. The maximum atomic E-state index is 13.0. The summed E-state index contributed by atoms with van der Waals surface area (Å²) in [5.41, 5.74) is 7.99. The van der Waals surface area contributed by atoms with Crippen LogP contribution in [0.2, 0.25) is 0 Å². The molecular formula is C40H39O4-. The van der Waals surface area contributed by atoms with Gasteiger partial charge in [0.1, 0.15) is 6.10 Å². The fraction of sp³-hybridized carbons (Fsp3) is 0.350. The molecule has 6 aliphatic carbocycles. The second-order valence-corrected chi connectivity index (χ2v) is 13.7. The van der Waals surface area contributed by atoms with Crippen LogP contribution in [0.15, 0.2) is 97.1 Å². The van der Waals surface area contributed by atoms with E-state index in [1.54, 1.807) is 0 Å². The van der Waals surface area contributed by atoms with E-state index in [1.165, 1.54) is 40.3 Å². The summed E-state index contributed by atoms with van der Waals surface area (Å²) in [7, 11) is 0. The molecule has 0 amide bonds. The topological polar surface area (TPSA) is 66.4 Å². The molecule has 0 radical (unpaired) electrons. The lowest BCUT2D eigenvalue weighted by Crippen LogP contribution is -2.61. The number of hydrogen-bond acceptors (Lipinski definition) is 4. The maximum absolute atomic E-state index is 13.0. The molecule has 0 fully saturated rings. The molecule has 0 aliphatic heterocycles. The summed E-state index contributed by atoms with van der Waals surface area (Å²) in [5.74, 6) is -1.90. The maximum Gasteiger partial charge on any atom is 0.302 e. The van der Waals surface area contributed by atoms with Crippen molar-refractivity contribution in [1.82, 2.24) is 0 Å². The van der Waals surface area contributed by atoms with Gasteiger partial charge in [0.2, 0.25) is 0 Å². The number of carbonyl (C=O) groups is 2. The Morgan fingerprint density at radius 1 is 0.636 bits per heavy atom. The van der Waals surface area contributed by atoms with E-state index in [4.69, 9.17) is 4.74 Å². The lowest BCUT2D eigenvalue weighted by molar-refractivity contribution is -0.307. The Balaban J connectivity index is 1.77. The third-order valence-electron chi connectivity index (χ3n) is 10.9. The molecule has 2 atom stereocenters. The minimum Gasteiger partial charge on any atom is -0.550 e. The van der Waals surface area contributed by atoms with Gasteiger partial charge >= 0.3 is 5.97 Å². The highest BCUT2D eigenvalue weighted by Crippen LogP contribution is 2.72. The van der Waals surface area contributed by atoms with Gasteiger partial charge in [-0.25, -0.2) is 0 Å². The summed E-state index contributed by atoms with van der Waals surface area (Å²) in [6, 6.07) is 34.7. The fourth-order valence-electron chi connectivity index (χ4n) is 9.85. The molecule has 0 N–H and O–H groups in total. The van der Waals surface area contributed by atoms with Crippen LogP contribution in [-0.4, -0.2) is 18.0 Å². The number of benzene rings is 4. The SMILES string of the molecule is CC(=O)OC(C(C)C)C12c3ccccc3C(c3ccccc31)C1(C(CC(=O)[O-])C(C)C)c3ccccc3C2c2ccccc21. The number of hydrogen-bond donors (Lipinski definition) is 0. The van der Waals surface area contributed by atoms with E-state index in [1.807, 2.05) is 0 Å². The first-order valence-electron chi connectivity index (χ1n) is 15.9. The van der Waals surface area contributed by atoms with Gasteiger partial charge in [-0.05, 0) is 68.7 Å². The summed E-state index contributed by atoms with van der Waals surface area (Å²) in [4.78, 5) is 25.6. The molecule has 4 bridgehead atoms. The minimum absolute atomic E-state index is 0.00324. The molecule has 4 aromatic carbocycles. The second-order valence-electron chi connectivity index (χ2n) is 13.7. The summed E-state index contributed by atoms with van der Waals surface area (Å²) in [6.07, 6.45) is -0.525. The van der Waals surface area contributed by atoms with Crippen LogP contribution in [0.5, 0.6) is 0 Å². The van der Waals surface area contributed by atoms with Crippen LogP contribution in [-0.2, 0) is 25.2 Å². The van der Waals surface area contributed by atoms with Gasteiger partial charge in [-0.2, -0.15) is 0 Å². The zero-order chi connectivity index (χ0) is 31.0. The number of carboxylic acid groups (broad SMARTS) is 1. The van der Waals surface area contributed by atoms with E-state index in [9.17, 15) is 14.7 Å². The monoisotopic (exact) mass is 583 g/mol. The smallest absolute Gasteiger partial charge is 0.302 e. The Labute approximate surface area is 260 Å². The van der Waals surface area contributed by atoms with Crippen molar-refractivity contribution in [1.29, 1.82) is 0 Å². The highest BCUT2D eigenvalue weighted by Gasteiger charge is 2.67. The molecule has 0 heterocycles.